The Morgan fingerprint density at radius 3 is 2.96 bits per heavy atom. The van der Waals surface area contributed by atoms with E-state index in [-0.39, 0.29) is 0 Å². The molecule has 0 radical (unpaired) electrons. The molecule has 3 N–H and O–H groups in total. The van der Waals surface area contributed by atoms with Gasteiger partial charge < -0.3 is 20.2 Å². The number of ether oxygens (including phenoxy) is 2. The predicted octanol–water partition coefficient (Wildman–Crippen LogP) is 1.31. The molecule has 0 atom stereocenters. The minimum absolute atomic E-state index is 0.408. The molecule has 0 saturated carbocycles. The summed E-state index contributed by atoms with van der Waals surface area (Å²) in [4.78, 5) is 25.6. The number of carbonyl (C=O) groups excluding carboxylic acids is 1. The number of benzene rings is 1. The second-order valence-corrected chi connectivity index (χ2v) is 6.33. The van der Waals surface area contributed by atoms with Crippen molar-refractivity contribution in [3.05, 3.63) is 30.2 Å². The summed E-state index contributed by atoms with van der Waals surface area (Å²) in [5, 5.41) is 1.67. The zero-order valence-corrected chi connectivity index (χ0v) is 14.4. The van der Waals surface area contributed by atoms with Gasteiger partial charge in [0.05, 0.1) is 25.3 Å². The highest BCUT2D eigenvalue weighted by molar-refractivity contribution is 6.10. The summed E-state index contributed by atoms with van der Waals surface area (Å²) < 4.78 is 11.3. The number of carbonyl (C=O) groups is 1. The summed E-state index contributed by atoms with van der Waals surface area (Å²) in [5.74, 6) is 0.118. The van der Waals surface area contributed by atoms with Crippen molar-refractivity contribution in [2.75, 3.05) is 39.5 Å². The molecule has 26 heavy (non-hydrogen) atoms. The molecule has 1 amide bonds. The van der Waals surface area contributed by atoms with E-state index < -0.39 is 5.91 Å². The minimum atomic E-state index is -0.490. The van der Waals surface area contributed by atoms with Gasteiger partial charge in [-0.1, -0.05) is 0 Å². The third kappa shape index (κ3) is 3.33. The van der Waals surface area contributed by atoms with Crippen molar-refractivity contribution in [3.8, 4) is 5.75 Å². The number of hydrogen-bond acceptors (Lipinski definition) is 6. The van der Waals surface area contributed by atoms with E-state index in [0.29, 0.717) is 23.6 Å². The second kappa shape index (κ2) is 7.27. The monoisotopic (exact) mass is 355 g/mol. The molecule has 2 aromatic heterocycles. The summed E-state index contributed by atoms with van der Waals surface area (Å²) in [6.45, 7) is 5.01. The van der Waals surface area contributed by atoms with Crippen LogP contribution in [0.15, 0.2) is 24.7 Å². The number of primary amides is 1. The van der Waals surface area contributed by atoms with Crippen LogP contribution in [0.1, 0.15) is 16.8 Å². The van der Waals surface area contributed by atoms with Crippen molar-refractivity contribution >= 4 is 27.8 Å². The number of aromatic nitrogens is 3. The molecule has 8 nitrogen and oxygen atoms in total. The van der Waals surface area contributed by atoms with Crippen LogP contribution in [0.3, 0.4) is 0 Å². The first kappa shape index (κ1) is 16.7. The second-order valence-electron chi connectivity index (χ2n) is 6.33. The predicted molar refractivity (Wildman–Crippen MR) is 97.3 cm³/mol. The van der Waals surface area contributed by atoms with Crippen LogP contribution >= 0.6 is 0 Å². The van der Waals surface area contributed by atoms with Gasteiger partial charge in [-0.2, -0.15) is 0 Å². The molecule has 3 aromatic rings. The highest BCUT2D eigenvalue weighted by Gasteiger charge is 2.15. The Balaban J connectivity index is 1.55. The molecule has 1 saturated heterocycles. The van der Waals surface area contributed by atoms with Gasteiger partial charge in [0.2, 0.25) is 5.91 Å². The molecule has 4 rings (SSSR count). The fraction of sp³-hybridized carbons (Fsp3) is 0.389. The summed E-state index contributed by atoms with van der Waals surface area (Å²) in [6.07, 6.45) is 4.09. The van der Waals surface area contributed by atoms with E-state index in [9.17, 15) is 4.79 Å². The largest absolute Gasteiger partial charge is 0.491 e. The van der Waals surface area contributed by atoms with Crippen LogP contribution < -0.4 is 10.5 Å². The number of rotatable bonds is 6. The van der Waals surface area contributed by atoms with Gasteiger partial charge in [0, 0.05) is 42.2 Å². The van der Waals surface area contributed by atoms with Crippen LogP contribution in [0.2, 0.25) is 0 Å². The van der Waals surface area contributed by atoms with E-state index in [2.05, 4.69) is 19.9 Å². The first-order valence-electron chi connectivity index (χ1n) is 8.70. The van der Waals surface area contributed by atoms with Gasteiger partial charge in [0.15, 0.2) is 0 Å². The molecule has 136 valence electrons. The molecule has 0 unspecified atom stereocenters. The van der Waals surface area contributed by atoms with E-state index in [0.717, 1.165) is 55.6 Å². The zero-order chi connectivity index (χ0) is 17.9. The Morgan fingerprint density at radius 2 is 2.15 bits per heavy atom. The van der Waals surface area contributed by atoms with Gasteiger partial charge in [0.1, 0.15) is 17.7 Å². The number of nitrogens with two attached hydrogens (primary N) is 1. The summed E-state index contributed by atoms with van der Waals surface area (Å²) in [6, 6.07) is 3.43. The smallest absolute Gasteiger partial charge is 0.248 e. The van der Waals surface area contributed by atoms with E-state index >= 15 is 0 Å². The third-order valence-electron chi connectivity index (χ3n) is 4.61. The molecule has 0 bridgehead atoms. The third-order valence-corrected chi connectivity index (χ3v) is 4.61. The van der Waals surface area contributed by atoms with Crippen molar-refractivity contribution in [2.45, 2.75) is 6.42 Å². The van der Waals surface area contributed by atoms with Gasteiger partial charge >= 0.3 is 0 Å². The fourth-order valence-electron chi connectivity index (χ4n) is 3.25. The Morgan fingerprint density at radius 1 is 1.31 bits per heavy atom. The van der Waals surface area contributed by atoms with E-state index in [1.807, 2.05) is 0 Å². The lowest BCUT2D eigenvalue weighted by Gasteiger charge is -2.26. The molecule has 0 spiro atoms. The molecular weight excluding hydrogens is 334 g/mol. The van der Waals surface area contributed by atoms with Crippen molar-refractivity contribution in [3.63, 3.8) is 0 Å². The maximum absolute atomic E-state index is 11.7. The SMILES string of the molecule is NC(=O)c1cc(OCCCN2CCOCC2)c2[nH]c3ncncc3c2c1. The van der Waals surface area contributed by atoms with E-state index in [1.165, 1.54) is 6.33 Å². The number of fused-ring (bicyclic) bond motifs is 3. The lowest BCUT2D eigenvalue weighted by Crippen LogP contribution is -2.37. The Kier molecular flexibility index (Phi) is 4.68. The average Bonchev–Trinajstić information content (AvgIpc) is 3.05. The number of nitrogens with zero attached hydrogens (tertiary/aromatic N) is 3. The normalized spacial score (nSPS) is 15.5. The van der Waals surface area contributed by atoms with Crippen LogP contribution in [-0.4, -0.2) is 65.2 Å². The van der Waals surface area contributed by atoms with E-state index in [4.69, 9.17) is 15.2 Å². The number of nitrogens with one attached hydrogen (secondary N) is 1. The topological polar surface area (TPSA) is 106 Å². The number of morpholine rings is 1. The van der Waals surface area contributed by atoms with Crippen LogP contribution in [0.4, 0.5) is 0 Å². The minimum Gasteiger partial charge on any atom is -0.491 e. The Hall–Kier alpha value is -2.71. The highest BCUT2D eigenvalue weighted by Crippen LogP contribution is 2.32. The molecule has 3 heterocycles. The van der Waals surface area contributed by atoms with Gasteiger partial charge in [-0.25, -0.2) is 9.97 Å². The number of H-pyrrole nitrogens is 1. The van der Waals surface area contributed by atoms with Crippen molar-refractivity contribution in [1.29, 1.82) is 0 Å². The van der Waals surface area contributed by atoms with Gasteiger partial charge in [-0.15, -0.1) is 0 Å². The quantitative estimate of drug-likeness (QED) is 0.646. The Bertz CT molecular complexity index is 933. The Labute approximate surface area is 150 Å². The molecule has 1 aliphatic rings. The van der Waals surface area contributed by atoms with Crippen LogP contribution in [0.5, 0.6) is 5.75 Å². The maximum Gasteiger partial charge on any atom is 0.248 e. The van der Waals surface area contributed by atoms with Crippen LogP contribution in [-0.2, 0) is 4.74 Å². The van der Waals surface area contributed by atoms with Crippen LogP contribution in [0, 0.1) is 0 Å². The average molecular weight is 355 g/mol. The standard InChI is InChI=1S/C18H21N5O3/c19-17(24)12-8-13-14-10-20-11-21-18(14)22-16(13)15(9-12)26-5-1-2-23-3-6-25-7-4-23/h8-11H,1-7H2,(H2,19,24)(H,20,21,22). The van der Waals surface area contributed by atoms with Gasteiger partial charge in [-0.3, -0.25) is 9.69 Å². The fourth-order valence-corrected chi connectivity index (χ4v) is 3.25. The first-order valence-corrected chi connectivity index (χ1v) is 8.70. The summed E-state index contributed by atoms with van der Waals surface area (Å²) >= 11 is 0. The maximum atomic E-state index is 11.7. The van der Waals surface area contributed by atoms with Crippen molar-refractivity contribution in [2.24, 2.45) is 5.73 Å². The number of hydrogen-bond donors (Lipinski definition) is 2. The highest BCUT2D eigenvalue weighted by atomic mass is 16.5. The molecule has 1 aromatic carbocycles. The lowest BCUT2D eigenvalue weighted by molar-refractivity contribution is 0.0358. The number of amides is 1. The molecule has 1 fully saturated rings. The molecular formula is C18H21N5O3. The van der Waals surface area contributed by atoms with Crippen molar-refractivity contribution in [1.82, 2.24) is 19.9 Å². The first-order chi connectivity index (χ1) is 12.7. The molecule has 8 heteroatoms. The van der Waals surface area contributed by atoms with Crippen molar-refractivity contribution < 1.29 is 14.3 Å². The van der Waals surface area contributed by atoms with Crippen LogP contribution in [0.25, 0.3) is 21.9 Å². The summed E-state index contributed by atoms with van der Waals surface area (Å²) in [7, 11) is 0. The lowest BCUT2D eigenvalue weighted by atomic mass is 10.1. The molecule has 0 aliphatic carbocycles. The zero-order valence-electron chi connectivity index (χ0n) is 14.4. The number of aromatic amines is 1. The summed E-state index contributed by atoms with van der Waals surface area (Å²) in [5.41, 5.74) is 7.40. The molecule has 1 aliphatic heterocycles. The van der Waals surface area contributed by atoms with Gasteiger partial charge in [-0.05, 0) is 18.6 Å². The van der Waals surface area contributed by atoms with E-state index in [1.54, 1.807) is 18.3 Å². The van der Waals surface area contributed by atoms with Gasteiger partial charge in [0.25, 0.3) is 0 Å².